The van der Waals surface area contributed by atoms with Gasteiger partial charge in [-0.15, -0.1) is 0 Å². The van der Waals surface area contributed by atoms with Gasteiger partial charge in [0.2, 0.25) is 5.91 Å². The van der Waals surface area contributed by atoms with Crippen molar-refractivity contribution in [3.63, 3.8) is 0 Å². The Morgan fingerprint density at radius 1 is 0.958 bits per heavy atom. The van der Waals surface area contributed by atoms with Gasteiger partial charge < -0.3 is 0 Å². The maximum absolute atomic E-state index is 12.4. The normalized spacial score (nSPS) is 11.5. The number of allylic oxidation sites excluding steroid dienone is 2. The molecule has 2 amide bonds. The molecule has 2 aromatic carbocycles. The van der Waals surface area contributed by atoms with Gasteiger partial charge in [0.15, 0.2) is 0 Å². The topological polar surface area (TPSA) is 37.4 Å². The standard InChI is InChI=1S/C21H20NO2/c1-4-16(2)19-11-13-20(14-12-19)22(17(3)23)21(24)15-10-18-8-6-5-7-9-18/h4-15H,1H2,2-3H3/b15-10+,16-4-. The van der Waals surface area contributed by atoms with Crippen LogP contribution in [0, 0.1) is 6.92 Å². The van der Waals surface area contributed by atoms with Crippen LogP contribution in [0.25, 0.3) is 11.6 Å². The van der Waals surface area contributed by atoms with E-state index in [-0.39, 0.29) is 11.8 Å². The molecule has 0 aliphatic rings. The zero-order valence-corrected chi connectivity index (χ0v) is 13.9. The summed E-state index contributed by atoms with van der Waals surface area (Å²) in [6, 6.07) is 16.7. The molecule has 2 rings (SSSR count). The number of rotatable bonds is 4. The molecular formula is C21H20NO2. The van der Waals surface area contributed by atoms with Gasteiger partial charge in [-0.2, -0.15) is 0 Å². The smallest absolute Gasteiger partial charge is 0.257 e. The van der Waals surface area contributed by atoms with Gasteiger partial charge in [-0.25, -0.2) is 4.90 Å². The molecule has 0 aliphatic heterocycles. The molecule has 0 bridgehead atoms. The number of nitrogens with zero attached hydrogens (tertiary/aromatic N) is 1. The van der Waals surface area contributed by atoms with Crippen LogP contribution in [-0.4, -0.2) is 11.8 Å². The second kappa shape index (κ2) is 8.06. The molecule has 0 N–H and O–H groups in total. The van der Waals surface area contributed by atoms with Gasteiger partial charge in [0.05, 0.1) is 5.69 Å². The van der Waals surface area contributed by atoms with Gasteiger partial charge in [0, 0.05) is 13.0 Å². The van der Waals surface area contributed by atoms with Gasteiger partial charge >= 0.3 is 0 Å². The third-order valence-electron chi connectivity index (χ3n) is 3.64. The highest BCUT2D eigenvalue weighted by Crippen LogP contribution is 2.20. The molecule has 0 fully saturated rings. The molecule has 2 aromatic rings. The van der Waals surface area contributed by atoms with Crippen LogP contribution in [0.15, 0.2) is 66.7 Å². The van der Waals surface area contributed by atoms with Crippen LogP contribution in [0.3, 0.4) is 0 Å². The second-order valence-electron chi connectivity index (χ2n) is 5.37. The van der Waals surface area contributed by atoms with Crippen LogP contribution in [0.5, 0.6) is 0 Å². The van der Waals surface area contributed by atoms with Crippen molar-refractivity contribution in [1.29, 1.82) is 0 Å². The largest absolute Gasteiger partial charge is 0.274 e. The lowest BCUT2D eigenvalue weighted by atomic mass is 10.1. The summed E-state index contributed by atoms with van der Waals surface area (Å²) >= 11 is 0. The van der Waals surface area contributed by atoms with E-state index in [1.165, 1.54) is 13.0 Å². The van der Waals surface area contributed by atoms with Crippen molar-refractivity contribution < 1.29 is 9.59 Å². The number of carbonyl (C=O) groups excluding carboxylic acids is 2. The van der Waals surface area contributed by atoms with Crippen molar-refractivity contribution in [2.45, 2.75) is 13.8 Å². The Balaban J connectivity index is 2.24. The molecule has 0 saturated carbocycles. The Bertz CT molecular complexity index is 771. The molecule has 0 unspecified atom stereocenters. The van der Waals surface area contributed by atoms with Crippen molar-refractivity contribution in [2.75, 3.05) is 4.90 Å². The third kappa shape index (κ3) is 4.29. The predicted octanol–water partition coefficient (Wildman–Crippen LogP) is 4.52. The first kappa shape index (κ1) is 17.4. The number of hydrogen-bond donors (Lipinski definition) is 0. The van der Waals surface area contributed by atoms with E-state index >= 15 is 0 Å². The maximum Gasteiger partial charge on any atom is 0.257 e. The van der Waals surface area contributed by atoms with Crippen molar-refractivity contribution in [3.05, 3.63) is 84.8 Å². The third-order valence-corrected chi connectivity index (χ3v) is 3.64. The minimum absolute atomic E-state index is 0.324. The van der Waals surface area contributed by atoms with Crippen LogP contribution in [0.1, 0.15) is 25.0 Å². The van der Waals surface area contributed by atoms with Crippen molar-refractivity contribution in [1.82, 2.24) is 0 Å². The Morgan fingerprint density at radius 2 is 1.58 bits per heavy atom. The van der Waals surface area contributed by atoms with E-state index in [1.54, 1.807) is 24.3 Å². The van der Waals surface area contributed by atoms with E-state index < -0.39 is 0 Å². The predicted molar refractivity (Wildman–Crippen MR) is 99.1 cm³/mol. The number of anilines is 1. The van der Waals surface area contributed by atoms with E-state index in [2.05, 4.69) is 6.92 Å². The summed E-state index contributed by atoms with van der Waals surface area (Å²) in [5.41, 5.74) is 3.49. The van der Waals surface area contributed by atoms with Gasteiger partial charge in [-0.3, -0.25) is 9.59 Å². The van der Waals surface area contributed by atoms with Crippen LogP contribution in [0.4, 0.5) is 5.69 Å². The number of amides is 2. The van der Waals surface area contributed by atoms with E-state index in [1.807, 2.05) is 49.4 Å². The molecule has 24 heavy (non-hydrogen) atoms. The molecule has 0 aromatic heterocycles. The SMILES string of the molecule is [CH2]/C=C(/C)c1ccc(N(C(C)=O)C(=O)/C=C/c2ccccc2)cc1. The summed E-state index contributed by atoms with van der Waals surface area (Å²) in [6.07, 6.45) is 4.87. The molecule has 0 atom stereocenters. The molecule has 3 nitrogen and oxygen atoms in total. The Kier molecular flexibility index (Phi) is 5.85. The van der Waals surface area contributed by atoms with Crippen LogP contribution >= 0.6 is 0 Å². The van der Waals surface area contributed by atoms with Crippen molar-refractivity contribution in [2.24, 2.45) is 0 Å². The summed E-state index contributed by atoms with van der Waals surface area (Å²) in [5.74, 6) is -0.696. The Morgan fingerprint density at radius 3 is 2.12 bits per heavy atom. The molecule has 0 aliphatic carbocycles. The molecule has 121 valence electrons. The number of imide groups is 1. The molecule has 0 spiro atoms. The number of benzene rings is 2. The monoisotopic (exact) mass is 318 g/mol. The summed E-state index contributed by atoms with van der Waals surface area (Å²) < 4.78 is 0. The van der Waals surface area contributed by atoms with Crippen LogP contribution in [0.2, 0.25) is 0 Å². The minimum atomic E-state index is -0.372. The second-order valence-corrected chi connectivity index (χ2v) is 5.37. The first-order valence-corrected chi connectivity index (χ1v) is 7.67. The van der Waals surface area contributed by atoms with Crippen molar-refractivity contribution >= 4 is 29.2 Å². The summed E-state index contributed by atoms with van der Waals surface area (Å²) in [5, 5.41) is 0. The maximum atomic E-state index is 12.4. The fraction of sp³-hybridized carbons (Fsp3) is 0.0952. The Hall–Kier alpha value is -2.94. The highest BCUT2D eigenvalue weighted by atomic mass is 16.2. The van der Waals surface area contributed by atoms with Gasteiger partial charge in [0.1, 0.15) is 0 Å². The summed E-state index contributed by atoms with van der Waals surface area (Å²) in [4.78, 5) is 25.5. The molecular weight excluding hydrogens is 298 g/mol. The zero-order valence-electron chi connectivity index (χ0n) is 13.9. The fourth-order valence-corrected chi connectivity index (χ4v) is 2.26. The van der Waals surface area contributed by atoms with Crippen LogP contribution in [-0.2, 0) is 9.59 Å². The van der Waals surface area contributed by atoms with Crippen LogP contribution < -0.4 is 4.90 Å². The average Bonchev–Trinajstić information content (AvgIpc) is 2.60. The highest BCUT2D eigenvalue weighted by Gasteiger charge is 2.17. The first-order valence-electron chi connectivity index (χ1n) is 7.67. The van der Waals surface area contributed by atoms with Gasteiger partial charge in [-0.1, -0.05) is 48.5 Å². The van der Waals surface area contributed by atoms with E-state index in [0.717, 1.165) is 21.6 Å². The van der Waals surface area contributed by atoms with Crippen molar-refractivity contribution in [3.8, 4) is 0 Å². The lowest BCUT2D eigenvalue weighted by Crippen LogP contribution is -2.33. The summed E-state index contributed by atoms with van der Waals surface area (Å²) in [6.45, 7) is 7.07. The lowest BCUT2D eigenvalue weighted by molar-refractivity contribution is -0.122. The molecule has 0 heterocycles. The van der Waals surface area contributed by atoms with Gasteiger partial charge in [0.25, 0.3) is 5.91 Å². The molecule has 0 saturated heterocycles. The fourth-order valence-electron chi connectivity index (χ4n) is 2.26. The quantitative estimate of drug-likeness (QED) is 0.777. The van der Waals surface area contributed by atoms with E-state index in [9.17, 15) is 9.59 Å². The number of hydrogen-bond acceptors (Lipinski definition) is 2. The van der Waals surface area contributed by atoms with E-state index in [4.69, 9.17) is 0 Å². The van der Waals surface area contributed by atoms with E-state index in [0.29, 0.717) is 5.69 Å². The zero-order chi connectivity index (χ0) is 17.5. The minimum Gasteiger partial charge on any atom is -0.274 e. The lowest BCUT2D eigenvalue weighted by Gasteiger charge is -2.18. The highest BCUT2D eigenvalue weighted by molar-refractivity contribution is 6.19. The summed E-state index contributed by atoms with van der Waals surface area (Å²) in [7, 11) is 0. The number of carbonyl (C=O) groups is 2. The Labute approximate surface area is 142 Å². The molecule has 1 radical (unpaired) electrons. The van der Waals surface area contributed by atoms with Gasteiger partial charge in [-0.05, 0) is 48.8 Å². The average molecular weight is 318 g/mol. The first-order chi connectivity index (χ1) is 11.5. The molecule has 3 heteroatoms.